The molecule has 5 rings (SSSR count). The summed E-state index contributed by atoms with van der Waals surface area (Å²) in [6.07, 6.45) is 0.0708. The number of fused-ring (bicyclic) bond motifs is 1. The van der Waals surface area contributed by atoms with E-state index in [4.69, 9.17) is 28.4 Å². The van der Waals surface area contributed by atoms with Gasteiger partial charge >= 0.3 is 6.09 Å². The fraction of sp³-hybridized carbons (Fsp3) is 0.690. The van der Waals surface area contributed by atoms with Crippen LogP contribution in [0.15, 0.2) is 30.3 Å². The normalized spacial score (nSPS) is 24.1. The van der Waals surface area contributed by atoms with Gasteiger partial charge in [0, 0.05) is 55.8 Å². The summed E-state index contributed by atoms with van der Waals surface area (Å²) < 4.78 is 44.4. The molecule has 1 aromatic carbocycles. The summed E-state index contributed by atoms with van der Waals surface area (Å²) in [4.78, 5) is 41.2. The van der Waals surface area contributed by atoms with E-state index < -0.39 is 13.9 Å². The van der Waals surface area contributed by atoms with Crippen LogP contribution in [0, 0.1) is 5.82 Å². The minimum Gasteiger partial charge on any atom is -0.475 e. The second-order valence-electron chi connectivity index (χ2n) is 18.5. The lowest BCUT2D eigenvalue weighted by molar-refractivity contribution is -0.123. The van der Waals surface area contributed by atoms with Crippen molar-refractivity contribution in [2.24, 2.45) is 0 Å². The first-order chi connectivity index (χ1) is 26.1. The predicted molar refractivity (Wildman–Crippen MR) is 219 cm³/mol. The minimum absolute atomic E-state index is 0.0639. The van der Waals surface area contributed by atoms with Crippen molar-refractivity contribution in [3.63, 3.8) is 0 Å². The fourth-order valence-corrected chi connectivity index (χ4v) is 8.37. The lowest BCUT2D eigenvalue weighted by Crippen LogP contribution is -2.65. The van der Waals surface area contributed by atoms with Crippen LogP contribution in [0.2, 0.25) is 18.1 Å². The SMILES string of the molecule is C[C@@H]1CN(CC(=O)N2c3cc(Cc4ccc(F)cc4)c(OCCO[Si](C)(C)C(C)(C)C)nc3OC[C@@H]2C)[C@@H](CN2[C@H](C)COC[C@H]2C)CN1C(=O)OC(C)(C)C. The predicted octanol–water partition coefficient (Wildman–Crippen LogP) is 6.75. The number of pyridine rings is 1. The third-order valence-corrected chi connectivity index (χ3v) is 16.1. The number of ether oxygens (including phenoxy) is 4. The molecule has 2 saturated heterocycles. The molecule has 0 aliphatic carbocycles. The van der Waals surface area contributed by atoms with Crippen LogP contribution in [-0.2, 0) is 25.1 Å². The van der Waals surface area contributed by atoms with Crippen LogP contribution in [0.5, 0.6) is 11.8 Å². The van der Waals surface area contributed by atoms with Crippen molar-refractivity contribution in [1.82, 2.24) is 19.7 Å². The molecule has 0 radical (unpaired) electrons. The number of hydrogen-bond donors (Lipinski definition) is 0. The molecule has 12 nitrogen and oxygen atoms in total. The van der Waals surface area contributed by atoms with Gasteiger partial charge in [-0.2, -0.15) is 4.98 Å². The van der Waals surface area contributed by atoms with Crippen molar-refractivity contribution >= 4 is 26.0 Å². The highest BCUT2D eigenvalue weighted by atomic mass is 28.4. The number of benzene rings is 1. The number of amides is 2. The summed E-state index contributed by atoms with van der Waals surface area (Å²) in [6, 6.07) is 8.12. The molecular weight excluding hydrogens is 734 g/mol. The van der Waals surface area contributed by atoms with Crippen LogP contribution in [0.25, 0.3) is 0 Å². The Morgan fingerprint density at radius 1 is 0.911 bits per heavy atom. The molecule has 312 valence electrons. The summed E-state index contributed by atoms with van der Waals surface area (Å²) >= 11 is 0. The van der Waals surface area contributed by atoms with Crippen LogP contribution in [0.3, 0.4) is 0 Å². The average molecular weight is 800 g/mol. The molecule has 14 heteroatoms. The first-order valence-corrected chi connectivity index (χ1v) is 23.1. The first-order valence-electron chi connectivity index (χ1n) is 20.2. The van der Waals surface area contributed by atoms with Gasteiger partial charge in [0.05, 0.1) is 32.4 Å². The Balaban J connectivity index is 1.42. The standard InChI is InChI=1S/C42H66FN5O7Si/c1-28-21-45(35(22-46-29(2)25-51-26-30(46)3)23-47(28)40(50)55-41(5,6)7)24-37(49)48-31(4)27-53-39-36(48)20-33(19-32-13-15-34(43)16-14-32)38(44-39)52-17-18-54-56(11,12)42(8,9)10/h13-16,20,28-31,35H,17-19,21-27H2,1-12H3/t28-,29-,30-,31+,35+/m1/s1. The van der Waals surface area contributed by atoms with Crippen molar-refractivity contribution in [2.75, 3.05) is 64.1 Å². The molecule has 3 aliphatic heterocycles. The summed E-state index contributed by atoms with van der Waals surface area (Å²) in [5.74, 6) is 0.330. The summed E-state index contributed by atoms with van der Waals surface area (Å²) in [6.45, 7) is 28.9. The number of hydrogen-bond acceptors (Lipinski definition) is 10. The van der Waals surface area contributed by atoms with Crippen molar-refractivity contribution in [3.8, 4) is 11.8 Å². The molecule has 2 aromatic rings. The molecule has 5 atom stereocenters. The zero-order chi connectivity index (χ0) is 41.2. The van der Waals surface area contributed by atoms with E-state index in [0.717, 1.165) is 11.1 Å². The molecule has 0 unspecified atom stereocenters. The average Bonchev–Trinajstić information content (AvgIpc) is 3.09. The molecule has 1 aromatic heterocycles. The topological polar surface area (TPSA) is 106 Å². The third kappa shape index (κ3) is 10.8. The van der Waals surface area contributed by atoms with Gasteiger partial charge in [0.1, 0.15) is 30.3 Å². The Bertz CT molecular complexity index is 1660. The van der Waals surface area contributed by atoms with Gasteiger partial charge in [0.2, 0.25) is 17.7 Å². The Hall–Kier alpha value is -3.30. The number of aromatic nitrogens is 1. The van der Waals surface area contributed by atoms with Crippen molar-refractivity contribution in [1.29, 1.82) is 0 Å². The van der Waals surface area contributed by atoms with Gasteiger partial charge in [-0.05, 0) is 90.4 Å². The van der Waals surface area contributed by atoms with Gasteiger partial charge in [-0.15, -0.1) is 0 Å². The largest absolute Gasteiger partial charge is 0.475 e. The van der Waals surface area contributed by atoms with E-state index in [1.165, 1.54) is 12.1 Å². The highest BCUT2D eigenvalue weighted by Crippen LogP contribution is 2.39. The highest BCUT2D eigenvalue weighted by molar-refractivity contribution is 6.74. The van der Waals surface area contributed by atoms with Crippen molar-refractivity contribution in [2.45, 2.75) is 130 Å². The molecular formula is C42H66FN5O7Si. The maximum Gasteiger partial charge on any atom is 0.410 e. The maximum absolute atomic E-state index is 14.7. The van der Waals surface area contributed by atoms with Crippen LogP contribution in [0.4, 0.5) is 14.9 Å². The number of nitrogens with zero attached hydrogens (tertiary/aromatic N) is 5. The molecule has 4 heterocycles. The van der Waals surface area contributed by atoms with E-state index in [1.807, 2.05) is 45.6 Å². The zero-order valence-electron chi connectivity index (χ0n) is 35.8. The second-order valence-corrected chi connectivity index (χ2v) is 23.3. The third-order valence-electron chi connectivity index (χ3n) is 11.5. The number of halogens is 1. The Labute approximate surface area is 335 Å². The van der Waals surface area contributed by atoms with Crippen molar-refractivity contribution in [3.05, 3.63) is 47.3 Å². The number of piperazine rings is 1. The van der Waals surface area contributed by atoms with Crippen LogP contribution in [-0.4, -0.2) is 135 Å². The molecule has 56 heavy (non-hydrogen) atoms. The Morgan fingerprint density at radius 3 is 2.20 bits per heavy atom. The van der Waals surface area contributed by atoms with E-state index in [1.54, 1.807) is 17.0 Å². The Morgan fingerprint density at radius 2 is 1.57 bits per heavy atom. The molecule has 3 aliphatic rings. The van der Waals surface area contributed by atoms with E-state index >= 15 is 0 Å². The fourth-order valence-electron chi connectivity index (χ4n) is 7.35. The van der Waals surface area contributed by atoms with E-state index in [9.17, 15) is 14.0 Å². The number of anilines is 1. The molecule has 0 saturated carbocycles. The lowest BCUT2D eigenvalue weighted by atomic mass is 10.0. The number of morpholine rings is 1. The summed E-state index contributed by atoms with van der Waals surface area (Å²) in [5.41, 5.74) is 1.58. The van der Waals surface area contributed by atoms with Crippen LogP contribution >= 0.6 is 0 Å². The summed E-state index contributed by atoms with van der Waals surface area (Å²) in [5, 5.41) is 0.0639. The van der Waals surface area contributed by atoms with Gasteiger partial charge in [0.25, 0.3) is 0 Å². The van der Waals surface area contributed by atoms with E-state index in [-0.39, 0.29) is 66.2 Å². The van der Waals surface area contributed by atoms with Gasteiger partial charge in [0.15, 0.2) is 8.32 Å². The summed E-state index contributed by atoms with van der Waals surface area (Å²) in [7, 11) is -1.99. The number of carbonyl (C=O) groups is 2. The number of rotatable bonds is 11. The maximum atomic E-state index is 14.7. The quantitative estimate of drug-likeness (QED) is 0.179. The van der Waals surface area contributed by atoms with Crippen LogP contribution in [0.1, 0.15) is 80.4 Å². The smallest absolute Gasteiger partial charge is 0.410 e. The van der Waals surface area contributed by atoms with Gasteiger partial charge in [-0.25, -0.2) is 9.18 Å². The lowest BCUT2D eigenvalue weighted by Gasteiger charge is -2.49. The van der Waals surface area contributed by atoms with E-state index in [2.05, 4.69) is 57.5 Å². The molecule has 0 bridgehead atoms. The first kappa shape index (κ1) is 43.8. The monoisotopic (exact) mass is 799 g/mol. The van der Waals surface area contributed by atoms with Gasteiger partial charge in [-0.3, -0.25) is 14.6 Å². The van der Waals surface area contributed by atoms with Gasteiger partial charge < -0.3 is 33.2 Å². The second kappa shape index (κ2) is 17.7. The van der Waals surface area contributed by atoms with Gasteiger partial charge in [-0.1, -0.05) is 32.9 Å². The zero-order valence-corrected chi connectivity index (χ0v) is 36.8. The minimum atomic E-state index is -1.99. The van der Waals surface area contributed by atoms with E-state index in [0.29, 0.717) is 69.9 Å². The molecule has 2 fully saturated rings. The molecule has 2 amide bonds. The van der Waals surface area contributed by atoms with Crippen LogP contribution < -0.4 is 14.4 Å². The Kier molecular flexibility index (Phi) is 13.8. The van der Waals surface area contributed by atoms with Crippen molar-refractivity contribution < 1.29 is 37.4 Å². The number of carbonyl (C=O) groups excluding carboxylic acids is 2. The molecule has 0 spiro atoms. The molecule has 0 N–H and O–H groups in total. The highest BCUT2D eigenvalue weighted by Gasteiger charge is 2.42.